The third kappa shape index (κ3) is 7.91. The van der Waals surface area contributed by atoms with Crippen LogP contribution in [0.5, 0.6) is 0 Å². The minimum Gasteiger partial charge on any atom is -0.332 e. The van der Waals surface area contributed by atoms with Crippen LogP contribution in [-0.4, -0.2) is 68.7 Å². The van der Waals surface area contributed by atoms with Gasteiger partial charge in [-0.25, -0.2) is 4.98 Å². The van der Waals surface area contributed by atoms with E-state index in [1.807, 2.05) is 10.6 Å². The highest BCUT2D eigenvalue weighted by atomic mass is 35.5. The van der Waals surface area contributed by atoms with Gasteiger partial charge in [-0.05, 0) is 42.6 Å². The molecule has 8 nitrogen and oxygen atoms in total. The quantitative estimate of drug-likeness (QED) is 0.0794. The third-order valence-corrected chi connectivity index (χ3v) is 9.38. The van der Waals surface area contributed by atoms with Gasteiger partial charge in [-0.3, -0.25) is 19.5 Å². The Morgan fingerprint density at radius 1 is 0.766 bits per heavy atom. The number of anilines is 1. The van der Waals surface area contributed by atoms with Crippen LogP contribution in [-0.2, 0) is 11.3 Å². The van der Waals surface area contributed by atoms with Crippen LogP contribution in [0.3, 0.4) is 0 Å². The molecule has 6 rings (SSSR count). The van der Waals surface area contributed by atoms with Crippen molar-refractivity contribution in [3.8, 4) is 0 Å². The Hall–Kier alpha value is -4.08. The fraction of sp³-hybridized carbons (Fsp3) is 0.297. The van der Waals surface area contributed by atoms with Crippen LogP contribution in [0, 0.1) is 0 Å². The maximum Gasteiger partial charge on any atom is 0.296 e. The molecule has 47 heavy (non-hydrogen) atoms. The van der Waals surface area contributed by atoms with Gasteiger partial charge in [0, 0.05) is 62.9 Å². The predicted octanol–water partition coefficient (Wildman–Crippen LogP) is 7.53. The lowest BCUT2D eigenvalue weighted by molar-refractivity contribution is -0.112. The third-order valence-electron chi connectivity index (χ3n) is 8.80. The molecule has 0 bridgehead atoms. The van der Waals surface area contributed by atoms with E-state index in [0.29, 0.717) is 23.1 Å². The smallest absolute Gasteiger partial charge is 0.296 e. The molecule has 1 aliphatic rings. The van der Waals surface area contributed by atoms with E-state index in [2.05, 4.69) is 85.7 Å². The van der Waals surface area contributed by atoms with Crippen molar-refractivity contribution < 1.29 is 9.59 Å². The van der Waals surface area contributed by atoms with Crippen LogP contribution in [0.4, 0.5) is 5.69 Å². The maximum atomic E-state index is 13.2. The van der Waals surface area contributed by atoms with Gasteiger partial charge in [-0.15, -0.1) is 0 Å². The number of aromatic nitrogens is 3. The summed E-state index contributed by atoms with van der Waals surface area (Å²) in [5.74, 6) is -1.50. The molecular weight excluding hydrogens is 631 g/mol. The van der Waals surface area contributed by atoms with E-state index in [1.165, 1.54) is 23.5 Å². The standard InChI is InChI=1S/C37H38Cl2N6O2/c38-31-24-40-25-32(39)33(31)42-37(47)35(46)30-26-45(36-29(30)16-11-17-41-36)19-10-2-1-9-18-43-20-22-44(23-21-43)34(27-12-5-3-6-13-27)28-14-7-4-8-15-28/h3-8,11-17,24-26,34H,1-2,9-10,18-23H2,(H,40,42,47). The second-order valence-corrected chi connectivity index (χ2v) is 12.7. The molecule has 1 amide bonds. The van der Waals surface area contributed by atoms with E-state index < -0.39 is 11.7 Å². The molecule has 1 saturated heterocycles. The Labute approximate surface area is 285 Å². The van der Waals surface area contributed by atoms with Crippen molar-refractivity contribution in [2.24, 2.45) is 0 Å². The zero-order chi connectivity index (χ0) is 32.6. The number of carbonyl (C=O) groups excluding carboxylic acids is 2. The van der Waals surface area contributed by atoms with Gasteiger partial charge in [-0.2, -0.15) is 0 Å². The van der Waals surface area contributed by atoms with Gasteiger partial charge in [0.25, 0.3) is 11.7 Å². The highest BCUT2D eigenvalue weighted by molar-refractivity contribution is 6.50. The van der Waals surface area contributed by atoms with Crippen molar-refractivity contribution in [1.29, 1.82) is 0 Å². The second-order valence-electron chi connectivity index (χ2n) is 11.9. The van der Waals surface area contributed by atoms with Crippen LogP contribution in [0.25, 0.3) is 11.0 Å². The molecule has 0 unspecified atom stereocenters. The maximum absolute atomic E-state index is 13.2. The zero-order valence-electron chi connectivity index (χ0n) is 26.2. The summed E-state index contributed by atoms with van der Waals surface area (Å²) in [6.07, 6.45) is 10.4. The fourth-order valence-corrected chi connectivity index (χ4v) is 6.86. The topological polar surface area (TPSA) is 83.4 Å². The van der Waals surface area contributed by atoms with Gasteiger partial charge >= 0.3 is 0 Å². The van der Waals surface area contributed by atoms with E-state index in [4.69, 9.17) is 23.2 Å². The molecule has 0 saturated carbocycles. The number of halogens is 2. The monoisotopic (exact) mass is 668 g/mol. The summed E-state index contributed by atoms with van der Waals surface area (Å²) in [7, 11) is 0. The molecule has 1 aliphatic heterocycles. The number of pyridine rings is 2. The lowest BCUT2D eigenvalue weighted by Crippen LogP contribution is -2.48. The van der Waals surface area contributed by atoms with Crippen molar-refractivity contribution in [3.05, 3.63) is 124 Å². The number of fused-ring (bicyclic) bond motifs is 1. The largest absolute Gasteiger partial charge is 0.332 e. The van der Waals surface area contributed by atoms with Gasteiger partial charge in [0.2, 0.25) is 0 Å². The molecule has 0 aliphatic carbocycles. The molecule has 242 valence electrons. The number of nitrogens with zero attached hydrogens (tertiary/aromatic N) is 5. The number of Topliss-reactive ketones (excluding diaryl/α,β-unsaturated/α-hetero) is 1. The molecule has 2 aromatic carbocycles. The molecule has 0 radical (unpaired) electrons. The first-order valence-electron chi connectivity index (χ1n) is 16.1. The van der Waals surface area contributed by atoms with Crippen molar-refractivity contribution in [3.63, 3.8) is 0 Å². The summed E-state index contributed by atoms with van der Waals surface area (Å²) in [5.41, 5.74) is 3.84. The number of unbranched alkanes of at least 4 members (excludes halogenated alkanes) is 3. The van der Waals surface area contributed by atoms with E-state index in [9.17, 15) is 9.59 Å². The summed E-state index contributed by atoms with van der Waals surface area (Å²) >= 11 is 12.3. The summed E-state index contributed by atoms with van der Waals surface area (Å²) in [4.78, 5) is 39.7. The van der Waals surface area contributed by atoms with Crippen molar-refractivity contribution in [1.82, 2.24) is 24.3 Å². The summed E-state index contributed by atoms with van der Waals surface area (Å²) in [5, 5.41) is 3.49. The number of rotatable bonds is 13. The highest BCUT2D eigenvalue weighted by Crippen LogP contribution is 2.31. The number of hydrogen-bond donors (Lipinski definition) is 1. The van der Waals surface area contributed by atoms with E-state index >= 15 is 0 Å². The Balaban J connectivity index is 0.976. The first kappa shape index (κ1) is 32.8. The molecule has 5 aromatic rings. The van der Waals surface area contributed by atoms with Gasteiger partial charge in [0.1, 0.15) is 5.65 Å². The van der Waals surface area contributed by atoms with Crippen molar-refractivity contribution in [2.75, 3.05) is 38.0 Å². The van der Waals surface area contributed by atoms with Crippen LogP contribution in [0.1, 0.15) is 53.2 Å². The fourth-order valence-electron chi connectivity index (χ4n) is 6.40. The first-order valence-corrected chi connectivity index (χ1v) is 16.9. The molecule has 0 atom stereocenters. The summed E-state index contributed by atoms with van der Waals surface area (Å²) in [6, 6.07) is 25.5. The van der Waals surface area contributed by atoms with Crippen LogP contribution in [0.15, 0.2) is 97.6 Å². The number of benzene rings is 2. The Kier molecular flexibility index (Phi) is 11.0. The minimum atomic E-state index is -0.820. The Morgan fingerprint density at radius 3 is 2.02 bits per heavy atom. The van der Waals surface area contributed by atoms with Gasteiger partial charge in [0.15, 0.2) is 0 Å². The number of nitrogens with one attached hydrogen (secondary N) is 1. The number of ketones is 1. The normalized spacial score (nSPS) is 14.1. The Morgan fingerprint density at radius 2 is 1.38 bits per heavy atom. The summed E-state index contributed by atoms with van der Waals surface area (Å²) in [6.45, 7) is 6.04. The number of piperazine rings is 1. The lowest BCUT2D eigenvalue weighted by atomic mass is 9.96. The zero-order valence-corrected chi connectivity index (χ0v) is 27.7. The number of aryl methyl sites for hydroxylation is 1. The SMILES string of the molecule is O=C(Nc1c(Cl)cncc1Cl)C(=O)c1cn(CCCCCCN2CCN(C(c3ccccc3)c3ccccc3)CC2)c2ncccc12. The average Bonchev–Trinajstić information content (AvgIpc) is 3.47. The second kappa shape index (κ2) is 15.7. The van der Waals surface area contributed by atoms with Crippen LogP contribution >= 0.6 is 23.2 Å². The molecule has 10 heteroatoms. The van der Waals surface area contributed by atoms with Crippen LogP contribution < -0.4 is 5.32 Å². The van der Waals surface area contributed by atoms with Gasteiger partial charge in [-0.1, -0.05) is 96.7 Å². The van der Waals surface area contributed by atoms with Crippen molar-refractivity contribution >= 4 is 51.6 Å². The first-order chi connectivity index (χ1) is 23.0. The van der Waals surface area contributed by atoms with Crippen molar-refractivity contribution in [2.45, 2.75) is 38.3 Å². The summed E-state index contributed by atoms with van der Waals surface area (Å²) < 4.78 is 1.97. The van der Waals surface area contributed by atoms with Gasteiger partial charge in [0.05, 0.1) is 27.3 Å². The molecule has 1 N–H and O–H groups in total. The molecule has 1 fully saturated rings. The predicted molar refractivity (Wildman–Crippen MR) is 188 cm³/mol. The van der Waals surface area contributed by atoms with E-state index in [1.54, 1.807) is 18.5 Å². The minimum absolute atomic E-state index is 0.157. The molecule has 0 spiro atoms. The molecular formula is C37H38Cl2N6O2. The Bertz CT molecular complexity index is 1750. The van der Waals surface area contributed by atoms with Crippen LogP contribution in [0.2, 0.25) is 10.0 Å². The molecule has 4 heterocycles. The number of carbonyl (C=O) groups is 2. The number of amides is 1. The van der Waals surface area contributed by atoms with E-state index in [0.717, 1.165) is 58.4 Å². The lowest BCUT2D eigenvalue weighted by Gasteiger charge is -2.39. The average molecular weight is 670 g/mol. The highest BCUT2D eigenvalue weighted by Gasteiger charge is 2.26. The van der Waals surface area contributed by atoms with E-state index in [-0.39, 0.29) is 21.8 Å². The number of hydrogen-bond acceptors (Lipinski definition) is 6. The molecule has 3 aromatic heterocycles. The van der Waals surface area contributed by atoms with Gasteiger partial charge < -0.3 is 14.8 Å².